The van der Waals surface area contributed by atoms with Gasteiger partial charge >= 0.3 is 11.9 Å². The lowest BCUT2D eigenvalue weighted by Crippen LogP contribution is -2.54. The van der Waals surface area contributed by atoms with Crippen LogP contribution in [0.1, 0.15) is 67.1 Å². The predicted molar refractivity (Wildman–Crippen MR) is 373 cm³/mol. The van der Waals surface area contributed by atoms with Crippen molar-refractivity contribution in [2.45, 2.75) is 37.8 Å². The lowest BCUT2D eigenvalue weighted by molar-refractivity contribution is -0.137. The number of cyclic esters (lactones) is 2. The van der Waals surface area contributed by atoms with E-state index < -0.39 is 41.7 Å². The molecule has 0 aliphatic carbocycles. The minimum absolute atomic E-state index is 0. The van der Waals surface area contributed by atoms with Gasteiger partial charge < -0.3 is 10.5 Å². The maximum atomic E-state index is 12.4. The van der Waals surface area contributed by atoms with Crippen LogP contribution in [-0.2, 0) is 295 Å². The third-order valence-electron chi connectivity index (χ3n) is 7.07. The van der Waals surface area contributed by atoms with E-state index >= 15 is 0 Å². The highest BCUT2D eigenvalue weighted by Crippen LogP contribution is 2.32. The first kappa shape index (κ1) is 70.9. The number of hydrogen-bond donors (Lipinski definition) is 3. The maximum absolute atomic E-state index is 12.4. The number of imide groups is 3. The van der Waals surface area contributed by atoms with E-state index in [0.717, 1.165) is 4.90 Å². The van der Waals surface area contributed by atoms with Gasteiger partial charge in [-0.15, -0.1) is 12.4 Å². The molecule has 2 atom stereocenters. The van der Waals surface area contributed by atoms with Crippen molar-refractivity contribution in [3.05, 3.63) is 67.6 Å². The van der Waals surface area contributed by atoms with E-state index in [2.05, 4.69) is 47.2 Å². The van der Waals surface area contributed by atoms with E-state index in [9.17, 15) is 38.4 Å². The zero-order valence-electron chi connectivity index (χ0n) is 33.6. The fourth-order valence-corrected chi connectivity index (χ4v) is 77.0. The van der Waals surface area contributed by atoms with Crippen LogP contribution in [0.15, 0.2) is 45.3 Å². The minimum Gasteiger partial charge on any atom is -0.386 e. The quantitative estimate of drug-likeness (QED) is 0.213. The van der Waals surface area contributed by atoms with Gasteiger partial charge in [0.15, 0.2) is 0 Å². The molecule has 4 aliphatic rings. The first-order valence-electron chi connectivity index (χ1n) is 16.9. The average Bonchev–Trinajstić information content (AvgIpc) is 3.79. The van der Waals surface area contributed by atoms with Crippen LogP contribution in [0.5, 0.6) is 0 Å². The molecule has 46 heteroatoms. The van der Waals surface area contributed by atoms with Gasteiger partial charge in [0.25, 0.3) is 11.8 Å². The number of carbonyl (C=O) groups excluding carboxylic acids is 8. The number of carbonyl (C=O) groups is 8. The standard InChI is InChI=1S/C13H9BrN2O4.C8H3BrO3.C5H8N2O2.ClH.S30/c14-7-3-1-2-6-10(7)13(20)16(12(6)19)8-4-5-9(17)15-11(8)18;9-5-3-1-2-4-6(5)8(11)12-7(4)10;6-3-1-2-4(8)7-5(3)9;;1-3-5-7-9-11-13-15-17-19-21-23-25-27-29-30-28-26-24-22-20-18-16-14-12-10-8-6-4-2/h1-3,8H,4-5H2,(H,15,17,18);1-3H;3H,1-2,6H2,(H,7,8,9);1H;. The van der Waals surface area contributed by atoms with Gasteiger partial charge in [-0.2, -0.15) is 0 Å². The van der Waals surface area contributed by atoms with Crippen LogP contribution in [0.3, 0.4) is 0 Å². The molecule has 4 N–H and O–H groups in total. The van der Waals surface area contributed by atoms with E-state index in [4.69, 9.17) is 28.1 Å². The summed E-state index contributed by atoms with van der Waals surface area (Å²) in [6.45, 7) is 0. The maximum Gasteiger partial charge on any atom is 0.348 e. The normalized spacial score (nSPS) is 15.2. The monoisotopic (exact) mass is 1690 g/mol. The Morgan fingerprint density at radius 2 is 0.847 bits per heavy atom. The number of nitrogens with two attached hydrogens (primary N) is 1. The summed E-state index contributed by atoms with van der Waals surface area (Å²) >= 11 is 16.0. The Morgan fingerprint density at radius 3 is 1.19 bits per heavy atom. The second-order valence-corrected chi connectivity index (χ2v) is 62.2. The summed E-state index contributed by atoms with van der Waals surface area (Å²) in [6, 6.07) is 8.40. The van der Waals surface area contributed by atoms with Crippen molar-refractivity contribution in [1.82, 2.24) is 15.5 Å². The Hall–Kier alpha value is 2.81. The van der Waals surface area contributed by atoms with Gasteiger partial charge in [-0.05, 0) is 69.0 Å². The number of esters is 2. The fourth-order valence-electron chi connectivity index (χ4n) is 4.57. The van der Waals surface area contributed by atoms with Crippen molar-refractivity contribution in [1.29, 1.82) is 0 Å². The van der Waals surface area contributed by atoms with Gasteiger partial charge in [0.1, 0.15) is 6.04 Å². The van der Waals surface area contributed by atoms with E-state index in [1.165, 1.54) is 17.8 Å². The topological polar surface area (TPSA) is 199 Å². The molecule has 2 unspecified atom stereocenters. The Kier molecular flexibility index (Phi) is 42.9. The first-order valence-corrected chi connectivity index (χ1v) is 57.1. The summed E-state index contributed by atoms with van der Waals surface area (Å²) in [5.41, 5.74) is 6.46. The van der Waals surface area contributed by atoms with E-state index in [0.29, 0.717) is 32.9 Å². The summed E-state index contributed by atoms with van der Waals surface area (Å²) in [4.78, 5) is 91.5. The van der Waals surface area contributed by atoms with Crippen LogP contribution in [-0.4, -0.2) is 64.4 Å². The molecule has 4 aliphatic heterocycles. The van der Waals surface area contributed by atoms with Crippen molar-refractivity contribution < 1.29 is 43.1 Å². The van der Waals surface area contributed by atoms with E-state index in [1.54, 1.807) is 161 Å². The number of ether oxygens (including phenoxy) is 1. The second kappa shape index (κ2) is 43.5. The SMILES string of the molecule is Cl.NC1CCC(=O)NC1=O.O=C1CCC(N2C(=O)c3cccc(Br)c3C2=O)C(=O)N1.O=C1OC(=O)c2c(Br)cccc21.S=S=S=S=S=S=S=S=S=S=S=S=S=S=S=S=S=S=S=S=S=S=S=S=S=S=S=S=S=S. The van der Waals surface area contributed by atoms with Crippen molar-refractivity contribution in [2.75, 3.05) is 0 Å². The zero-order chi connectivity index (χ0) is 51.8. The van der Waals surface area contributed by atoms with Crippen molar-refractivity contribution in [3.63, 3.8) is 0 Å². The molecule has 72 heavy (non-hydrogen) atoms. The van der Waals surface area contributed by atoms with Gasteiger partial charge in [0.05, 0.1) is 28.3 Å². The molecule has 6 amide bonds. The molecule has 4 heterocycles. The first-order chi connectivity index (χ1) is 34.3. The molecule has 0 spiro atoms. The molecule has 0 aromatic heterocycles. The van der Waals surface area contributed by atoms with Crippen LogP contribution in [0, 0.1) is 0 Å². The fraction of sp³-hybridized carbons (Fsp3) is 0.231. The predicted octanol–water partition coefficient (Wildman–Crippen LogP) is 1.71. The van der Waals surface area contributed by atoms with Crippen LogP contribution in [0.2, 0.25) is 0 Å². The highest BCUT2D eigenvalue weighted by molar-refractivity contribution is 9.11. The summed E-state index contributed by atoms with van der Waals surface area (Å²) in [5.74, 6) is -3.73. The molecule has 13 nitrogen and oxygen atoms in total. The van der Waals surface area contributed by atoms with Gasteiger partial charge in [0, 0.05) is 293 Å². The van der Waals surface area contributed by atoms with Crippen LogP contribution in [0.25, 0.3) is 0 Å². The van der Waals surface area contributed by atoms with Crippen LogP contribution >= 0.6 is 44.3 Å². The van der Waals surface area contributed by atoms with Crippen LogP contribution < -0.4 is 16.4 Å². The number of nitrogens with one attached hydrogen (secondary N) is 2. The summed E-state index contributed by atoms with van der Waals surface area (Å²) in [5, 5.41) is 4.28. The number of hydrogen-bond acceptors (Lipinski definition) is 12. The number of halogens is 3. The Labute approximate surface area is 522 Å². The van der Waals surface area contributed by atoms with Gasteiger partial charge in [0.2, 0.25) is 23.6 Å². The number of amides is 6. The summed E-state index contributed by atoms with van der Waals surface area (Å²) in [6.07, 6.45) is 1.12. The summed E-state index contributed by atoms with van der Waals surface area (Å²) in [7, 11) is 49.1. The number of rotatable bonds is 1. The molecule has 2 fully saturated rings. The second-order valence-electron chi connectivity index (χ2n) is 10.9. The van der Waals surface area contributed by atoms with Gasteiger partial charge in [-0.25, -0.2) is 9.59 Å². The Morgan fingerprint density at radius 1 is 0.486 bits per heavy atom. The molecule has 2 saturated heterocycles. The van der Waals surface area contributed by atoms with Crippen LogP contribution in [0.4, 0.5) is 0 Å². The lowest BCUT2D eigenvalue weighted by Gasteiger charge is -2.27. The smallest absolute Gasteiger partial charge is 0.348 e. The van der Waals surface area contributed by atoms with Gasteiger partial charge in [-0.1, -0.05) is 12.1 Å². The van der Waals surface area contributed by atoms with E-state index in [1.807, 2.05) is 107 Å². The largest absolute Gasteiger partial charge is 0.386 e. The third kappa shape index (κ3) is 28.0. The highest BCUT2D eigenvalue weighted by atomic mass is 79.9. The third-order valence-corrected chi connectivity index (χ3v) is 68.4. The molecule has 2 aromatic rings. The number of nitrogens with zero attached hydrogens (tertiary/aromatic N) is 1. The van der Waals surface area contributed by atoms with Crippen molar-refractivity contribution in [2.24, 2.45) is 5.73 Å². The summed E-state index contributed by atoms with van der Waals surface area (Å²) < 4.78 is 5.51. The Bertz CT molecular complexity index is 3770. The molecule has 6 rings (SSSR count). The number of fused-ring (bicyclic) bond motifs is 2. The molecule has 400 valence electrons. The molecule has 0 radical (unpaired) electrons. The van der Waals surface area contributed by atoms with Gasteiger partial charge in [-0.3, -0.25) is 44.3 Å². The zero-order valence-corrected chi connectivity index (χ0v) is 62.0. The molecular formula is C26H21Br2ClN4O9S30. The highest BCUT2D eigenvalue weighted by Gasteiger charge is 2.45. The van der Waals surface area contributed by atoms with E-state index in [-0.39, 0.29) is 54.1 Å². The average molecular weight is 1690 g/mol. The molecule has 0 saturated carbocycles. The number of piperidine rings is 2. The number of benzene rings is 2. The minimum atomic E-state index is -0.924. The van der Waals surface area contributed by atoms with Crippen molar-refractivity contribution in [3.8, 4) is 0 Å². The molecule has 0 bridgehead atoms. The lowest BCUT2D eigenvalue weighted by atomic mass is 10.0. The molecule has 2 aromatic carbocycles. The molecular weight excluding hydrogens is 1670 g/mol. The van der Waals surface area contributed by atoms with Crippen molar-refractivity contribution >= 4 is 363 Å². The Balaban J connectivity index is 0.000000358.